The highest BCUT2D eigenvalue weighted by atomic mass is 16.1. The first-order valence-corrected chi connectivity index (χ1v) is 5.11. The van der Waals surface area contributed by atoms with Gasteiger partial charge in [0, 0.05) is 38.6 Å². The number of amides is 1. The van der Waals surface area contributed by atoms with Crippen LogP contribution in [0.2, 0.25) is 0 Å². The first kappa shape index (κ1) is 9.89. The molecule has 0 atom stereocenters. The Kier molecular flexibility index (Phi) is 3.11. The van der Waals surface area contributed by atoms with E-state index in [0.717, 1.165) is 45.0 Å². The average Bonchev–Trinajstić information content (AvgIpc) is 2.55. The summed E-state index contributed by atoms with van der Waals surface area (Å²) in [6.45, 7) is 3.30. The van der Waals surface area contributed by atoms with E-state index in [0.29, 0.717) is 0 Å². The minimum absolute atomic E-state index is 0.752. The van der Waals surface area contributed by atoms with Gasteiger partial charge in [0.2, 0.25) is 12.4 Å². The molecule has 5 nitrogen and oxygen atoms in total. The summed E-state index contributed by atoms with van der Waals surface area (Å²) >= 11 is 0. The van der Waals surface area contributed by atoms with E-state index in [2.05, 4.69) is 14.9 Å². The fourth-order valence-electron chi connectivity index (χ4n) is 1.70. The fourth-order valence-corrected chi connectivity index (χ4v) is 1.70. The molecule has 1 aliphatic heterocycles. The van der Waals surface area contributed by atoms with Crippen molar-refractivity contribution in [1.82, 2.24) is 14.9 Å². The lowest BCUT2D eigenvalue weighted by Crippen LogP contribution is -2.30. The number of hydrogen-bond donors (Lipinski definition) is 0. The van der Waals surface area contributed by atoms with Crippen molar-refractivity contribution in [3.05, 3.63) is 18.5 Å². The number of hydrogen-bond acceptors (Lipinski definition) is 4. The second-order valence-electron chi connectivity index (χ2n) is 3.53. The third-order valence-corrected chi connectivity index (χ3v) is 2.51. The minimum Gasteiger partial charge on any atom is -0.343 e. The molecule has 80 valence electrons. The molecule has 1 aromatic heterocycles. The Morgan fingerprint density at radius 2 is 1.93 bits per heavy atom. The van der Waals surface area contributed by atoms with Crippen LogP contribution in [0.5, 0.6) is 0 Å². The summed E-state index contributed by atoms with van der Waals surface area (Å²) in [6.07, 6.45) is 5.36. The maximum atomic E-state index is 10.6. The second kappa shape index (κ2) is 4.72. The van der Waals surface area contributed by atoms with Crippen LogP contribution < -0.4 is 4.90 Å². The molecule has 0 saturated carbocycles. The Hall–Kier alpha value is -1.65. The van der Waals surface area contributed by atoms with E-state index >= 15 is 0 Å². The molecule has 0 spiro atoms. The lowest BCUT2D eigenvalue weighted by Gasteiger charge is -2.19. The zero-order chi connectivity index (χ0) is 10.5. The van der Waals surface area contributed by atoms with Gasteiger partial charge in [-0.05, 0) is 12.5 Å². The topological polar surface area (TPSA) is 49.3 Å². The van der Waals surface area contributed by atoms with Crippen molar-refractivity contribution in [3.8, 4) is 0 Å². The molecule has 2 heterocycles. The largest absolute Gasteiger partial charge is 0.343 e. The number of nitrogens with zero attached hydrogens (tertiary/aromatic N) is 4. The third-order valence-electron chi connectivity index (χ3n) is 2.51. The van der Waals surface area contributed by atoms with Gasteiger partial charge in [-0.1, -0.05) is 0 Å². The molecule has 0 bridgehead atoms. The van der Waals surface area contributed by atoms with E-state index in [1.54, 1.807) is 23.4 Å². The second-order valence-corrected chi connectivity index (χ2v) is 3.53. The van der Waals surface area contributed by atoms with E-state index in [1.165, 1.54) is 0 Å². The van der Waals surface area contributed by atoms with Gasteiger partial charge in [0.25, 0.3) is 0 Å². The van der Waals surface area contributed by atoms with Gasteiger partial charge in [0.15, 0.2) is 0 Å². The predicted octanol–water partition coefficient (Wildman–Crippen LogP) is 0.145. The molecule has 15 heavy (non-hydrogen) atoms. The Labute approximate surface area is 88.7 Å². The van der Waals surface area contributed by atoms with Crippen LogP contribution in [0, 0.1) is 0 Å². The van der Waals surface area contributed by atoms with Crippen molar-refractivity contribution in [3.63, 3.8) is 0 Å². The molecule has 1 aliphatic rings. The molecule has 1 fully saturated rings. The fraction of sp³-hybridized carbons (Fsp3) is 0.500. The van der Waals surface area contributed by atoms with Gasteiger partial charge in [-0.15, -0.1) is 0 Å². The molecule has 0 unspecified atom stereocenters. The number of rotatable bonds is 2. The summed E-state index contributed by atoms with van der Waals surface area (Å²) in [7, 11) is 0. The standard InChI is InChI=1S/C10H14N4O/c15-9-13-5-2-6-14(8-7-13)10-11-3-1-4-12-10/h1,3-4,9H,2,5-8H2. The monoisotopic (exact) mass is 206 g/mol. The van der Waals surface area contributed by atoms with Gasteiger partial charge >= 0.3 is 0 Å². The number of aromatic nitrogens is 2. The van der Waals surface area contributed by atoms with Crippen molar-refractivity contribution < 1.29 is 4.79 Å². The van der Waals surface area contributed by atoms with Gasteiger partial charge in [-0.3, -0.25) is 4.79 Å². The molecule has 0 radical (unpaired) electrons. The van der Waals surface area contributed by atoms with Gasteiger partial charge in [0.1, 0.15) is 0 Å². The van der Waals surface area contributed by atoms with Crippen LogP contribution in [0.4, 0.5) is 5.95 Å². The third kappa shape index (κ3) is 2.43. The van der Waals surface area contributed by atoms with Crippen LogP contribution >= 0.6 is 0 Å². The normalized spacial score (nSPS) is 17.3. The van der Waals surface area contributed by atoms with Crippen LogP contribution in [-0.2, 0) is 4.79 Å². The van der Waals surface area contributed by atoms with Crippen LogP contribution in [0.15, 0.2) is 18.5 Å². The summed E-state index contributed by atoms with van der Waals surface area (Å²) in [4.78, 5) is 22.9. The van der Waals surface area contributed by atoms with Gasteiger partial charge < -0.3 is 9.80 Å². The maximum Gasteiger partial charge on any atom is 0.225 e. The van der Waals surface area contributed by atoms with Crippen molar-refractivity contribution in [2.24, 2.45) is 0 Å². The lowest BCUT2D eigenvalue weighted by atomic mass is 10.4. The smallest absolute Gasteiger partial charge is 0.225 e. The molecular weight excluding hydrogens is 192 g/mol. The highest BCUT2D eigenvalue weighted by molar-refractivity contribution is 5.47. The molecule has 1 aromatic rings. The Morgan fingerprint density at radius 1 is 1.13 bits per heavy atom. The first-order valence-electron chi connectivity index (χ1n) is 5.11. The van der Waals surface area contributed by atoms with E-state index < -0.39 is 0 Å². The van der Waals surface area contributed by atoms with Crippen LogP contribution in [0.1, 0.15) is 6.42 Å². The maximum absolute atomic E-state index is 10.6. The molecular formula is C10H14N4O. The van der Waals surface area contributed by atoms with Crippen LogP contribution in [0.3, 0.4) is 0 Å². The van der Waals surface area contributed by atoms with Crippen molar-refractivity contribution >= 4 is 12.4 Å². The van der Waals surface area contributed by atoms with Crippen molar-refractivity contribution in [2.45, 2.75) is 6.42 Å². The highest BCUT2D eigenvalue weighted by Gasteiger charge is 2.14. The Morgan fingerprint density at radius 3 is 2.67 bits per heavy atom. The van der Waals surface area contributed by atoms with Crippen LogP contribution in [0.25, 0.3) is 0 Å². The van der Waals surface area contributed by atoms with Gasteiger partial charge in [0.05, 0.1) is 0 Å². The minimum atomic E-state index is 0.752. The number of carbonyl (C=O) groups excluding carboxylic acids is 1. The van der Waals surface area contributed by atoms with Crippen molar-refractivity contribution in [2.75, 3.05) is 31.1 Å². The van der Waals surface area contributed by atoms with E-state index in [9.17, 15) is 4.79 Å². The summed E-state index contributed by atoms with van der Waals surface area (Å²) in [5.74, 6) is 0.755. The highest BCUT2D eigenvalue weighted by Crippen LogP contribution is 2.08. The molecule has 1 saturated heterocycles. The lowest BCUT2D eigenvalue weighted by molar-refractivity contribution is -0.117. The summed E-state index contributed by atoms with van der Waals surface area (Å²) < 4.78 is 0. The Balaban J connectivity index is 2.02. The quantitative estimate of drug-likeness (QED) is 0.646. The number of anilines is 1. The van der Waals surface area contributed by atoms with E-state index in [4.69, 9.17) is 0 Å². The van der Waals surface area contributed by atoms with E-state index in [-0.39, 0.29) is 0 Å². The summed E-state index contributed by atoms with van der Waals surface area (Å²) in [6, 6.07) is 1.80. The zero-order valence-corrected chi connectivity index (χ0v) is 8.54. The van der Waals surface area contributed by atoms with E-state index in [1.807, 2.05) is 0 Å². The molecule has 0 N–H and O–H groups in total. The van der Waals surface area contributed by atoms with Crippen molar-refractivity contribution in [1.29, 1.82) is 0 Å². The number of carbonyl (C=O) groups is 1. The predicted molar refractivity (Wildman–Crippen MR) is 56.5 cm³/mol. The summed E-state index contributed by atoms with van der Waals surface area (Å²) in [5.41, 5.74) is 0. The average molecular weight is 206 g/mol. The SMILES string of the molecule is O=CN1CCCN(c2ncccn2)CC1. The van der Waals surface area contributed by atoms with Crippen LogP contribution in [-0.4, -0.2) is 47.5 Å². The molecule has 0 aliphatic carbocycles. The summed E-state index contributed by atoms with van der Waals surface area (Å²) in [5, 5.41) is 0. The Bertz CT molecular complexity index is 316. The first-order chi connectivity index (χ1) is 7.40. The molecule has 5 heteroatoms. The van der Waals surface area contributed by atoms with Gasteiger partial charge in [-0.2, -0.15) is 0 Å². The molecule has 2 rings (SSSR count). The zero-order valence-electron chi connectivity index (χ0n) is 8.54. The molecule has 0 aromatic carbocycles. The molecule has 1 amide bonds. The van der Waals surface area contributed by atoms with Gasteiger partial charge in [-0.25, -0.2) is 9.97 Å².